The molecule has 0 aliphatic carbocycles. The molecule has 0 bridgehead atoms. The predicted molar refractivity (Wildman–Crippen MR) is 112 cm³/mol. The molecule has 4 rings (SSSR count). The fourth-order valence-electron chi connectivity index (χ4n) is 3.01. The average Bonchev–Trinajstić information content (AvgIpc) is 3.36. The van der Waals surface area contributed by atoms with Gasteiger partial charge in [-0.05, 0) is 49.4 Å². The third-order valence-corrected chi connectivity index (χ3v) is 4.82. The van der Waals surface area contributed by atoms with E-state index in [0.29, 0.717) is 39.1 Å². The summed E-state index contributed by atoms with van der Waals surface area (Å²) in [5, 5.41) is 7.31. The first-order valence-electron chi connectivity index (χ1n) is 8.96. The molecule has 7 nitrogen and oxygen atoms in total. The van der Waals surface area contributed by atoms with Crippen LogP contribution in [-0.4, -0.2) is 17.0 Å². The number of nitrogens with zero attached hydrogens (tertiary/aromatic N) is 1. The summed E-state index contributed by atoms with van der Waals surface area (Å²) in [6.07, 6.45) is 0. The monoisotopic (exact) mass is 421 g/mol. The van der Waals surface area contributed by atoms with Crippen LogP contribution in [0.15, 0.2) is 69.6 Å². The Morgan fingerprint density at radius 1 is 1.03 bits per heavy atom. The molecule has 0 radical (unpaired) electrons. The number of hydrogen-bond acceptors (Lipinski definition) is 5. The van der Waals surface area contributed by atoms with Gasteiger partial charge in [-0.15, -0.1) is 0 Å². The van der Waals surface area contributed by atoms with E-state index in [4.69, 9.17) is 26.3 Å². The van der Waals surface area contributed by atoms with E-state index in [-0.39, 0.29) is 11.7 Å². The average molecular weight is 422 g/mol. The zero-order chi connectivity index (χ0) is 21.3. The van der Waals surface area contributed by atoms with Gasteiger partial charge in [-0.1, -0.05) is 35.0 Å². The standard InChI is InChI=1S/C22H16ClN3O4/c1-12-19(20(26-30-12)15-4-2-3-5-16(15)23)22(28)25-14-8-6-13(7-9-14)17-10-11-18(29-17)21(24)27/h2-11H,1H3,(H2,24,27)(H,25,28). The van der Waals surface area contributed by atoms with Crippen LogP contribution in [-0.2, 0) is 0 Å². The lowest BCUT2D eigenvalue weighted by Crippen LogP contribution is -2.13. The Balaban J connectivity index is 1.57. The van der Waals surface area contributed by atoms with Crippen molar-refractivity contribution in [1.29, 1.82) is 0 Å². The van der Waals surface area contributed by atoms with Gasteiger partial charge in [0, 0.05) is 16.8 Å². The highest BCUT2D eigenvalue weighted by molar-refractivity contribution is 6.33. The van der Waals surface area contributed by atoms with Crippen molar-refractivity contribution in [3.8, 4) is 22.6 Å². The van der Waals surface area contributed by atoms with Crippen LogP contribution >= 0.6 is 11.6 Å². The molecule has 2 aromatic carbocycles. The van der Waals surface area contributed by atoms with Crippen LogP contribution in [0.25, 0.3) is 22.6 Å². The number of aryl methyl sites for hydroxylation is 1. The van der Waals surface area contributed by atoms with E-state index in [2.05, 4.69) is 10.5 Å². The molecule has 0 aliphatic heterocycles. The van der Waals surface area contributed by atoms with Crippen LogP contribution < -0.4 is 11.1 Å². The van der Waals surface area contributed by atoms with Gasteiger partial charge in [0.15, 0.2) is 5.76 Å². The quantitative estimate of drug-likeness (QED) is 0.475. The van der Waals surface area contributed by atoms with Gasteiger partial charge in [-0.25, -0.2) is 0 Å². The molecule has 2 heterocycles. The van der Waals surface area contributed by atoms with E-state index < -0.39 is 5.91 Å². The minimum atomic E-state index is -0.636. The number of primary amides is 1. The summed E-state index contributed by atoms with van der Waals surface area (Å²) < 4.78 is 10.7. The number of nitrogens with two attached hydrogens (primary N) is 1. The first-order chi connectivity index (χ1) is 14.4. The fourth-order valence-corrected chi connectivity index (χ4v) is 3.24. The molecule has 8 heteroatoms. The Morgan fingerprint density at radius 2 is 1.77 bits per heavy atom. The van der Waals surface area contributed by atoms with Gasteiger partial charge in [0.1, 0.15) is 22.8 Å². The van der Waals surface area contributed by atoms with Gasteiger partial charge >= 0.3 is 0 Å². The van der Waals surface area contributed by atoms with Crippen LogP contribution in [0.1, 0.15) is 26.7 Å². The third kappa shape index (κ3) is 3.70. The van der Waals surface area contributed by atoms with Crippen molar-refractivity contribution in [3.63, 3.8) is 0 Å². The van der Waals surface area contributed by atoms with E-state index in [0.717, 1.165) is 5.56 Å². The Kier molecular flexibility index (Phi) is 5.12. The highest BCUT2D eigenvalue weighted by Crippen LogP contribution is 2.31. The molecule has 150 valence electrons. The van der Waals surface area contributed by atoms with E-state index in [9.17, 15) is 9.59 Å². The van der Waals surface area contributed by atoms with Crippen molar-refractivity contribution in [2.24, 2.45) is 5.73 Å². The van der Waals surface area contributed by atoms with Crippen LogP contribution in [0.5, 0.6) is 0 Å². The number of aromatic nitrogens is 1. The number of carbonyl (C=O) groups is 2. The van der Waals surface area contributed by atoms with E-state index in [1.165, 1.54) is 6.07 Å². The summed E-state index contributed by atoms with van der Waals surface area (Å²) in [4.78, 5) is 24.1. The predicted octanol–water partition coefficient (Wildman–Crippen LogP) is 4.91. The number of anilines is 1. The zero-order valence-electron chi connectivity index (χ0n) is 15.8. The third-order valence-electron chi connectivity index (χ3n) is 4.49. The summed E-state index contributed by atoms with van der Waals surface area (Å²) in [7, 11) is 0. The van der Waals surface area contributed by atoms with Crippen molar-refractivity contribution >= 4 is 29.1 Å². The summed E-state index contributed by atoms with van der Waals surface area (Å²) in [5.74, 6) is -0.0439. The Hall–Kier alpha value is -3.84. The highest BCUT2D eigenvalue weighted by atomic mass is 35.5. The van der Waals surface area contributed by atoms with E-state index in [1.54, 1.807) is 55.5 Å². The maximum atomic E-state index is 12.9. The number of halogens is 1. The van der Waals surface area contributed by atoms with Gasteiger partial charge in [0.2, 0.25) is 0 Å². The number of hydrogen-bond donors (Lipinski definition) is 2. The normalized spacial score (nSPS) is 10.7. The van der Waals surface area contributed by atoms with Crippen LogP contribution in [0.2, 0.25) is 5.02 Å². The number of carbonyl (C=O) groups excluding carboxylic acids is 2. The molecule has 4 aromatic rings. The second-order valence-corrected chi connectivity index (χ2v) is 6.91. The molecule has 2 aromatic heterocycles. The Bertz CT molecular complexity index is 1240. The molecule has 0 fully saturated rings. The summed E-state index contributed by atoms with van der Waals surface area (Å²) >= 11 is 6.25. The highest BCUT2D eigenvalue weighted by Gasteiger charge is 2.23. The van der Waals surface area contributed by atoms with Crippen molar-refractivity contribution in [3.05, 3.63) is 82.8 Å². The van der Waals surface area contributed by atoms with Crippen molar-refractivity contribution < 1.29 is 18.5 Å². The minimum Gasteiger partial charge on any atom is -0.451 e. The molecule has 0 saturated heterocycles. The Labute approximate surface area is 176 Å². The van der Waals surface area contributed by atoms with Crippen LogP contribution in [0.3, 0.4) is 0 Å². The Morgan fingerprint density at radius 3 is 2.43 bits per heavy atom. The van der Waals surface area contributed by atoms with Crippen LogP contribution in [0, 0.1) is 6.92 Å². The smallest absolute Gasteiger partial charge is 0.284 e. The summed E-state index contributed by atoms with van der Waals surface area (Å²) in [5.41, 5.74) is 7.80. The largest absolute Gasteiger partial charge is 0.451 e. The number of rotatable bonds is 5. The lowest BCUT2D eigenvalue weighted by molar-refractivity contribution is 0.0973. The maximum Gasteiger partial charge on any atom is 0.284 e. The number of furan rings is 1. The molecule has 3 N–H and O–H groups in total. The molecule has 0 spiro atoms. The molecule has 0 aliphatic rings. The van der Waals surface area contributed by atoms with Crippen molar-refractivity contribution in [2.75, 3.05) is 5.32 Å². The van der Waals surface area contributed by atoms with Gasteiger partial charge in [-0.3, -0.25) is 9.59 Å². The lowest BCUT2D eigenvalue weighted by Gasteiger charge is -2.07. The van der Waals surface area contributed by atoms with Gasteiger partial charge in [0.25, 0.3) is 11.8 Å². The lowest BCUT2D eigenvalue weighted by atomic mass is 10.1. The minimum absolute atomic E-state index is 0.0809. The number of benzene rings is 2. The SMILES string of the molecule is Cc1onc(-c2ccccc2Cl)c1C(=O)Nc1ccc(-c2ccc(C(N)=O)o2)cc1. The molecule has 0 atom stereocenters. The molecule has 2 amide bonds. The van der Waals surface area contributed by atoms with Gasteiger partial charge in [0.05, 0.1) is 5.02 Å². The summed E-state index contributed by atoms with van der Waals surface area (Å²) in [6.45, 7) is 1.67. The fraction of sp³-hybridized carbons (Fsp3) is 0.0455. The van der Waals surface area contributed by atoms with E-state index in [1.807, 2.05) is 6.07 Å². The van der Waals surface area contributed by atoms with Gasteiger partial charge in [-0.2, -0.15) is 0 Å². The molecule has 0 saturated carbocycles. The van der Waals surface area contributed by atoms with Crippen LogP contribution in [0.4, 0.5) is 5.69 Å². The molecule has 30 heavy (non-hydrogen) atoms. The molecule has 0 unspecified atom stereocenters. The first-order valence-corrected chi connectivity index (χ1v) is 9.34. The summed E-state index contributed by atoms with van der Waals surface area (Å²) in [6, 6.07) is 17.2. The molecular formula is C22H16ClN3O4. The van der Waals surface area contributed by atoms with Gasteiger partial charge < -0.3 is 20.0 Å². The second kappa shape index (κ2) is 7.88. The maximum absolute atomic E-state index is 12.9. The number of amides is 2. The van der Waals surface area contributed by atoms with E-state index >= 15 is 0 Å². The topological polar surface area (TPSA) is 111 Å². The second-order valence-electron chi connectivity index (χ2n) is 6.50. The zero-order valence-corrected chi connectivity index (χ0v) is 16.6. The van der Waals surface area contributed by atoms with Crippen molar-refractivity contribution in [1.82, 2.24) is 5.16 Å². The molecular weight excluding hydrogens is 406 g/mol. The van der Waals surface area contributed by atoms with Crippen molar-refractivity contribution in [2.45, 2.75) is 6.92 Å². The first kappa shape index (κ1) is 19.5. The number of nitrogens with one attached hydrogen (secondary N) is 1.